The lowest BCUT2D eigenvalue weighted by molar-refractivity contribution is 0.0493. The largest absolute Gasteiger partial charge is 0.444 e. The highest BCUT2D eigenvalue weighted by Crippen LogP contribution is 2.18. The maximum absolute atomic E-state index is 11.4. The third-order valence-corrected chi connectivity index (χ3v) is 4.34. The van der Waals surface area contributed by atoms with E-state index in [1.54, 1.807) is 6.07 Å². The molecule has 27 heavy (non-hydrogen) atoms. The van der Waals surface area contributed by atoms with Crippen LogP contribution in [0.5, 0.6) is 0 Å². The molecule has 8 heteroatoms. The Bertz CT molecular complexity index is 629. The first-order valence-corrected chi connectivity index (χ1v) is 9.71. The molecule has 2 fully saturated rings. The number of nitrogens with one attached hydrogen (secondary N) is 2. The van der Waals surface area contributed by atoms with Gasteiger partial charge in [-0.05, 0) is 39.7 Å². The first-order valence-electron chi connectivity index (χ1n) is 9.71. The Morgan fingerprint density at radius 2 is 1.93 bits per heavy atom. The molecule has 1 aromatic heterocycles. The third-order valence-electron chi connectivity index (χ3n) is 4.34. The number of carbonyl (C=O) groups excluding carboxylic acids is 1. The minimum Gasteiger partial charge on any atom is -0.444 e. The van der Waals surface area contributed by atoms with Crippen LogP contribution in [0.1, 0.15) is 52.9 Å². The van der Waals surface area contributed by atoms with E-state index in [1.165, 1.54) is 25.5 Å². The summed E-state index contributed by atoms with van der Waals surface area (Å²) in [6.45, 7) is 8.71. The van der Waals surface area contributed by atoms with Crippen molar-refractivity contribution in [3.8, 4) is 0 Å². The molecule has 0 radical (unpaired) electrons. The fraction of sp³-hybridized carbons (Fsp3) is 0.737. The van der Waals surface area contributed by atoms with Crippen molar-refractivity contribution in [2.75, 3.05) is 31.2 Å². The number of carbonyl (C=O) groups is 1. The molecule has 152 valence electrons. The zero-order valence-electron chi connectivity index (χ0n) is 16.6. The first-order chi connectivity index (χ1) is 12.8. The van der Waals surface area contributed by atoms with Crippen LogP contribution in [0.2, 0.25) is 0 Å². The van der Waals surface area contributed by atoms with Crippen LogP contribution in [0, 0.1) is 0 Å². The number of rotatable bonds is 2. The second kappa shape index (κ2) is 10.3. The summed E-state index contributed by atoms with van der Waals surface area (Å²) in [7, 11) is 0. The molecule has 2 aliphatic rings. The lowest BCUT2D eigenvalue weighted by Gasteiger charge is -2.27. The Morgan fingerprint density at radius 3 is 2.52 bits per heavy atom. The summed E-state index contributed by atoms with van der Waals surface area (Å²) >= 11 is 0. The van der Waals surface area contributed by atoms with Gasteiger partial charge in [0.05, 0.1) is 13.2 Å². The highest BCUT2D eigenvalue weighted by Gasteiger charge is 2.20. The Kier molecular flexibility index (Phi) is 8.09. The monoisotopic (exact) mass is 380 g/mol. The average molecular weight is 380 g/mol. The van der Waals surface area contributed by atoms with Crippen LogP contribution >= 0.6 is 0 Å². The molecule has 1 amide bonds. The van der Waals surface area contributed by atoms with Crippen molar-refractivity contribution in [1.29, 1.82) is 0 Å². The predicted molar refractivity (Wildman–Crippen MR) is 104 cm³/mol. The summed E-state index contributed by atoms with van der Waals surface area (Å²) in [5, 5.41) is 2.91. The summed E-state index contributed by atoms with van der Waals surface area (Å²) in [6.07, 6.45) is 7.18. The van der Waals surface area contributed by atoms with Crippen molar-refractivity contribution in [2.24, 2.45) is 0 Å². The zero-order valence-corrected chi connectivity index (χ0v) is 16.6. The number of H-pyrrole nitrogens is 1. The van der Waals surface area contributed by atoms with Crippen LogP contribution in [-0.4, -0.2) is 54.0 Å². The van der Waals surface area contributed by atoms with E-state index < -0.39 is 5.60 Å². The molecule has 0 unspecified atom stereocenters. The van der Waals surface area contributed by atoms with E-state index in [2.05, 4.69) is 20.2 Å². The van der Waals surface area contributed by atoms with Gasteiger partial charge in [0, 0.05) is 25.3 Å². The first kappa shape index (κ1) is 21.2. The van der Waals surface area contributed by atoms with Gasteiger partial charge in [0.25, 0.3) is 0 Å². The maximum Gasteiger partial charge on any atom is 0.407 e. The molecule has 1 aliphatic heterocycles. The highest BCUT2D eigenvalue weighted by atomic mass is 16.6. The van der Waals surface area contributed by atoms with Crippen molar-refractivity contribution < 1.29 is 14.3 Å². The molecule has 2 N–H and O–H groups in total. The average Bonchev–Trinajstić information content (AvgIpc) is 2.62. The Balaban J connectivity index is 0.000000194. The van der Waals surface area contributed by atoms with Crippen molar-refractivity contribution in [1.82, 2.24) is 15.3 Å². The Hall–Kier alpha value is -2.09. The molecule has 1 saturated carbocycles. The standard InChI is InChI=1S/C11H21NO2.C8H11N3O2/c1-11(2,3)14-10(13)12-9-7-5-4-6-8-9;12-8-9-2-1-7(10-8)11-3-5-13-6-4-11/h9H,4-8H2,1-3H3,(H,12,13);1-2H,3-6H2,(H,9,10,12). The van der Waals surface area contributed by atoms with Crippen LogP contribution in [0.15, 0.2) is 17.1 Å². The van der Waals surface area contributed by atoms with Gasteiger partial charge in [-0.2, -0.15) is 0 Å². The molecule has 1 aromatic rings. The molecule has 8 nitrogen and oxygen atoms in total. The molecular formula is C19H32N4O4. The lowest BCUT2D eigenvalue weighted by Crippen LogP contribution is -2.39. The predicted octanol–water partition coefficient (Wildman–Crippen LogP) is 2.45. The molecular weight excluding hydrogens is 348 g/mol. The fourth-order valence-corrected chi connectivity index (χ4v) is 3.07. The van der Waals surface area contributed by atoms with Crippen LogP contribution in [0.25, 0.3) is 0 Å². The summed E-state index contributed by atoms with van der Waals surface area (Å²) < 4.78 is 10.4. The number of hydrogen-bond acceptors (Lipinski definition) is 6. The molecule has 2 heterocycles. The number of hydrogen-bond donors (Lipinski definition) is 2. The molecule has 1 saturated heterocycles. The number of anilines is 1. The molecule has 3 rings (SSSR count). The van der Waals surface area contributed by atoms with Gasteiger partial charge < -0.3 is 19.7 Å². The van der Waals surface area contributed by atoms with Gasteiger partial charge in [-0.1, -0.05) is 19.3 Å². The van der Waals surface area contributed by atoms with Crippen molar-refractivity contribution in [3.63, 3.8) is 0 Å². The fourth-order valence-electron chi connectivity index (χ4n) is 3.07. The van der Waals surface area contributed by atoms with Gasteiger partial charge >= 0.3 is 11.8 Å². The molecule has 0 atom stereocenters. The van der Waals surface area contributed by atoms with Gasteiger partial charge in [0.15, 0.2) is 0 Å². The number of ether oxygens (including phenoxy) is 2. The smallest absolute Gasteiger partial charge is 0.407 e. The van der Waals surface area contributed by atoms with E-state index in [1.807, 2.05) is 20.8 Å². The van der Waals surface area contributed by atoms with E-state index in [-0.39, 0.29) is 11.8 Å². The van der Waals surface area contributed by atoms with E-state index in [4.69, 9.17) is 9.47 Å². The summed E-state index contributed by atoms with van der Waals surface area (Å²) in [5.41, 5.74) is -0.692. The van der Waals surface area contributed by atoms with E-state index >= 15 is 0 Å². The van der Waals surface area contributed by atoms with Crippen molar-refractivity contribution in [3.05, 3.63) is 22.7 Å². The number of aromatic amines is 1. The Labute approximate surface area is 160 Å². The summed E-state index contributed by atoms with van der Waals surface area (Å²) in [4.78, 5) is 30.6. The molecule has 0 spiro atoms. The number of morpholine rings is 1. The van der Waals surface area contributed by atoms with Crippen LogP contribution in [0.3, 0.4) is 0 Å². The number of alkyl carbamates (subject to hydrolysis) is 1. The van der Waals surface area contributed by atoms with E-state index in [0.29, 0.717) is 19.3 Å². The van der Waals surface area contributed by atoms with Crippen LogP contribution < -0.4 is 15.9 Å². The normalized spacial score (nSPS) is 18.3. The molecule has 0 aromatic carbocycles. The second-order valence-corrected chi connectivity index (χ2v) is 7.84. The van der Waals surface area contributed by atoms with Gasteiger partial charge in [-0.3, -0.25) is 4.98 Å². The topological polar surface area (TPSA) is 96.5 Å². The second-order valence-electron chi connectivity index (χ2n) is 7.84. The molecule has 0 bridgehead atoms. The Morgan fingerprint density at radius 1 is 1.26 bits per heavy atom. The highest BCUT2D eigenvalue weighted by molar-refractivity contribution is 5.68. The van der Waals surface area contributed by atoms with Gasteiger partial charge in [-0.25, -0.2) is 14.6 Å². The summed E-state index contributed by atoms with van der Waals surface area (Å²) in [6, 6.07) is 2.13. The van der Waals surface area contributed by atoms with Crippen LogP contribution in [0.4, 0.5) is 10.6 Å². The maximum atomic E-state index is 11.4. The number of amides is 1. The van der Waals surface area contributed by atoms with Gasteiger partial charge in [-0.15, -0.1) is 0 Å². The molecule has 1 aliphatic carbocycles. The SMILES string of the molecule is CC(C)(C)OC(=O)NC1CCCCC1.O=c1nccc(N2CCOCC2)[nH]1. The number of aromatic nitrogens is 2. The van der Waals surface area contributed by atoms with E-state index in [0.717, 1.165) is 31.7 Å². The van der Waals surface area contributed by atoms with Crippen LogP contribution in [-0.2, 0) is 9.47 Å². The lowest BCUT2D eigenvalue weighted by atomic mass is 9.96. The quantitative estimate of drug-likeness (QED) is 0.818. The number of nitrogens with zero attached hydrogens (tertiary/aromatic N) is 2. The van der Waals surface area contributed by atoms with Crippen molar-refractivity contribution >= 4 is 11.9 Å². The summed E-state index contributed by atoms with van der Waals surface area (Å²) in [5.74, 6) is 0.822. The minimum atomic E-state index is -0.390. The zero-order chi connectivity index (χ0) is 19.7. The van der Waals surface area contributed by atoms with Gasteiger partial charge in [0.1, 0.15) is 11.4 Å². The van der Waals surface area contributed by atoms with E-state index in [9.17, 15) is 9.59 Å². The van der Waals surface area contributed by atoms with Gasteiger partial charge in [0.2, 0.25) is 0 Å². The van der Waals surface area contributed by atoms with Crippen molar-refractivity contribution in [2.45, 2.75) is 64.5 Å². The third kappa shape index (κ3) is 8.43. The minimum absolute atomic E-state index is 0.274.